The summed E-state index contributed by atoms with van der Waals surface area (Å²) in [5.74, 6) is 0.662. The normalized spacial score (nSPS) is 24.8. The number of aryl methyl sites for hydroxylation is 1. The molecule has 6 nitrogen and oxygen atoms in total. The number of carboxylic acid groups (broad SMARTS) is 1. The quantitative estimate of drug-likeness (QED) is 0.312. The molecule has 3 aromatic rings. The SMILES string of the molecule is CCn1nc(-c2cccnc2)cc1C1CCN(CC2CC([C@H](CC3CC3)C(=O)O)CC2c2cccc(F)c2)CC1. The van der Waals surface area contributed by atoms with Crippen LogP contribution in [0, 0.1) is 29.5 Å². The molecule has 0 radical (unpaired) electrons. The highest BCUT2D eigenvalue weighted by Gasteiger charge is 2.43. The maximum Gasteiger partial charge on any atom is 0.306 e. The largest absolute Gasteiger partial charge is 0.481 e. The van der Waals surface area contributed by atoms with Gasteiger partial charge in [-0.15, -0.1) is 0 Å². The molecule has 1 aliphatic heterocycles. The first-order valence-corrected chi connectivity index (χ1v) is 15.2. The fourth-order valence-corrected chi connectivity index (χ4v) is 7.46. The lowest BCUT2D eigenvalue weighted by Crippen LogP contribution is -2.37. The maximum absolute atomic E-state index is 14.2. The van der Waals surface area contributed by atoms with Crippen molar-refractivity contribution in [3.63, 3.8) is 0 Å². The molecule has 1 saturated heterocycles. The Morgan fingerprint density at radius 2 is 1.93 bits per heavy atom. The number of benzene rings is 1. The minimum absolute atomic E-state index is 0.165. The van der Waals surface area contributed by atoms with Gasteiger partial charge in [0.15, 0.2) is 0 Å². The molecule has 40 heavy (non-hydrogen) atoms. The molecule has 2 aromatic heterocycles. The molecule has 1 aromatic carbocycles. The second-order valence-corrected chi connectivity index (χ2v) is 12.4. The van der Waals surface area contributed by atoms with Gasteiger partial charge in [0.05, 0.1) is 11.6 Å². The van der Waals surface area contributed by atoms with Gasteiger partial charge in [0.2, 0.25) is 0 Å². The Balaban J connectivity index is 1.14. The van der Waals surface area contributed by atoms with Gasteiger partial charge in [0, 0.05) is 42.7 Å². The molecule has 0 amide bonds. The van der Waals surface area contributed by atoms with Crippen LogP contribution >= 0.6 is 0 Å². The Morgan fingerprint density at radius 1 is 1.10 bits per heavy atom. The smallest absolute Gasteiger partial charge is 0.306 e. The molecule has 6 rings (SSSR count). The van der Waals surface area contributed by atoms with Crippen LogP contribution in [0.3, 0.4) is 0 Å². The van der Waals surface area contributed by atoms with E-state index in [2.05, 4.69) is 33.6 Å². The summed E-state index contributed by atoms with van der Waals surface area (Å²) in [6.45, 7) is 5.98. The lowest BCUT2D eigenvalue weighted by molar-refractivity contribution is -0.144. The van der Waals surface area contributed by atoms with Crippen molar-refractivity contribution < 1.29 is 14.3 Å². The Morgan fingerprint density at radius 3 is 2.60 bits per heavy atom. The molecule has 212 valence electrons. The molecule has 2 aliphatic carbocycles. The van der Waals surface area contributed by atoms with Crippen LogP contribution in [0.5, 0.6) is 0 Å². The molecule has 3 heterocycles. The fraction of sp³-hybridized carbons (Fsp3) is 0.545. The molecular weight excluding hydrogens is 503 g/mol. The standard InChI is InChI=1S/C33H41FN4O2/c1-2-38-32(19-31(36-38)25-6-4-12-35-20-25)23-10-13-37(14-11-23)21-27-16-26(30(33(39)40)15-22-8-9-22)18-29(27)24-5-3-7-28(34)17-24/h3-7,12,17,19-20,22-23,26-27,29-30H,2,8-11,13-16,18,21H2,1H3,(H,39,40)/t26?,27?,29?,30-/m0/s1. The van der Waals surface area contributed by atoms with E-state index < -0.39 is 5.97 Å². The number of piperidine rings is 1. The number of halogens is 1. The van der Waals surface area contributed by atoms with E-state index in [4.69, 9.17) is 5.10 Å². The average molecular weight is 545 g/mol. The van der Waals surface area contributed by atoms with E-state index in [9.17, 15) is 14.3 Å². The van der Waals surface area contributed by atoms with Crippen LogP contribution in [-0.4, -0.2) is 50.4 Å². The van der Waals surface area contributed by atoms with E-state index in [1.54, 1.807) is 18.3 Å². The van der Waals surface area contributed by atoms with Gasteiger partial charge in [-0.2, -0.15) is 5.10 Å². The molecule has 7 heteroatoms. The summed E-state index contributed by atoms with van der Waals surface area (Å²) in [6, 6.07) is 13.3. The minimum atomic E-state index is -0.644. The van der Waals surface area contributed by atoms with Crippen molar-refractivity contribution in [1.82, 2.24) is 19.7 Å². The zero-order valence-electron chi connectivity index (χ0n) is 23.5. The van der Waals surface area contributed by atoms with Crippen LogP contribution < -0.4 is 0 Å². The van der Waals surface area contributed by atoms with E-state index in [1.807, 2.05) is 18.3 Å². The summed E-state index contributed by atoms with van der Waals surface area (Å²) in [4.78, 5) is 19.1. The summed E-state index contributed by atoms with van der Waals surface area (Å²) >= 11 is 0. The predicted octanol–water partition coefficient (Wildman–Crippen LogP) is 6.59. The Bertz CT molecular complexity index is 1300. The molecule has 3 fully saturated rings. The monoisotopic (exact) mass is 544 g/mol. The summed E-state index contributed by atoms with van der Waals surface area (Å²) in [5, 5.41) is 15.0. The molecular formula is C33H41FN4O2. The van der Waals surface area contributed by atoms with Gasteiger partial charge < -0.3 is 10.0 Å². The Hall–Kier alpha value is -3.06. The summed E-state index contributed by atoms with van der Waals surface area (Å²) in [5.41, 5.74) is 4.38. The summed E-state index contributed by atoms with van der Waals surface area (Å²) < 4.78 is 16.4. The highest BCUT2D eigenvalue weighted by Crippen LogP contribution is 2.49. The van der Waals surface area contributed by atoms with Crippen LogP contribution in [0.4, 0.5) is 4.39 Å². The average Bonchev–Trinajstić information content (AvgIpc) is 3.54. The van der Waals surface area contributed by atoms with Crippen molar-refractivity contribution in [3.8, 4) is 11.3 Å². The zero-order valence-corrected chi connectivity index (χ0v) is 23.5. The molecule has 3 aliphatic rings. The maximum atomic E-state index is 14.2. The van der Waals surface area contributed by atoms with E-state index in [0.717, 1.165) is 75.1 Å². The van der Waals surface area contributed by atoms with Gasteiger partial charge in [-0.3, -0.25) is 14.5 Å². The number of carbonyl (C=O) groups is 1. The van der Waals surface area contributed by atoms with Gasteiger partial charge in [-0.25, -0.2) is 4.39 Å². The summed E-state index contributed by atoms with van der Waals surface area (Å²) in [6.07, 6.45) is 10.7. The van der Waals surface area contributed by atoms with Gasteiger partial charge in [-0.05, 0) is 112 Å². The highest BCUT2D eigenvalue weighted by atomic mass is 19.1. The molecule has 2 saturated carbocycles. The van der Waals surface area contributed by atoms with Crippen LogP contribution in [0.25, 0.3) is 11.3 Å². The number of nitrogens with zero attached hydrogens (tertiary/aromatic N) is 4. The third-order valence-corrected chi connectivity index (χ3v) is 9.74. The number of pyridine rings is 1. The number of rotatable bonds is 10. The first-order chi connectivity index (χ1) is 19.5. The van der Waals surface area contributed by atoms with Gasteiger partial charge in [0.1, 0.15) is 5.82 Å². The molecule has 0 bridgehead atoms. The number of hydrogen-bond donors (Lipinski definition) is 1. The Kier molecular flexibility index (Phi) is 8.01. The van der Waals surface area contributed by atoms with Crippen molar-refractivity contribution in [2.24, 2.45) is 23.7 Å². The van der Waals surface area contributed by atoms with Gasteiger partial charge in [-0.1, -0.05) is 25.0 Å². The zero-order chi connectivity index (χ0) is 27.6. The number of likely N-dealkylation sites (tertiary alicyclic amines) is 1. The third-order valence-electron chi connectivity index (χ3n) is 9.74. The van der Waals surface area contributed by atoms with Gasteiger partial charge >= 0.3 is 5.97 Å². The van der Waals surface area contributed by atoms with Gasteiger partial charge in [0.25, 0.3) is 0 Å². The fourth-order valence-electron chi connectivity index (χ4n) is 7.46. The topological polar surface area (TPSA) is 71.2 Å². The first kappa shape index (κ1) is 27.1. The van der Waals surface area contributed by atoms with Crippen molar-refractivity contribution in [2.75, 3.05) is 19.6 Å². The van der Waals surface area contributed by atoms with Crippen LogP contribution in [-0.2, 0) is 11.3 Å². The van der Waals surface area contributed by atoms with Crippen LogP contribution in [0.15, 0.2) is 54.9 Å². The lowest BCUT2D eigenvalue weighted by atomic mass is 9.85. The number of carboxylic acids is 1. The van der Waals surface area contributed by atoms with E-state index in [1.165, 1.54) is 24.6 Å². The minimum Gasteiger partial charge on any atom is -0.481 e. The molecule has 0 spiro atoms. The van der Waals surface area contributed by atoms with Crippen molar-refractivity contribution in [3.05, 3.63) is 71.9 Å². The summed E-state index contributed by atoms with van der Waals surface area (Å²) in [7, 11) is 0. The highest BCUT2D eigenvalue weighted by molar-refractivity contribution is 5.70. The van der Waals surface area contributed by atoms with Crippen molar-refractivity contribution in [1.29, 1.82) is 0 Å². The molecule has 4 atom stereocenters. The second-order valence-electron chi connectivity index (χ2n) is 12.4. The van der Waals surface area contributed by atoms with Crippen LogP contribution in [0.2, 0.25) is 0 Å². The third kappa shape index (κ3) is 5.99. The van der Waals surface area contributed by atoms with Crippen molar-refractivity contribution in [2.45, 2.75) is 70.3 Å². The number of hydrogen-bond acceptors (Lipinski definition) is 4. The predicted molar refractivity (Wildman–Crippen MR) is 153 cm³/mol. The van der Waals surface area contributed by atoms with Crippen molar-refractivity contribution >= 4 is 5.97 Å². The second kappa shape index (κ2) is 11.8. The van der Waals surface area contributed by atoms with E-state index in [-0.39, 0.29) is 23.6 Å². The lowest BCUT2D eigenvalue weighted by Gasteiger charge is -2.35. The van der Waals surface area contributed by atoms with E-state index in [0.29, 0.717) is 17.8 Å². The molecule has 3 unspecified atom stereocenters. The van der Waals surface area contributed by atoms with E-state index >= 15 is 0 Å². The number of aromatic nitrogens is 3. The number of aliphatic carboxylic acids is 1. The first-order valence-electron chi connectivity index (χ1n) is 15.2. The van der Waals surface area contributed by atoms with Crippen LogP contribution in [0.1, 0.15) is 75.0 Å². The molecule has 1 N–H and O–H groups in total. The Labute approximate surface area is 236 Å².